The third-order valence-electron chi connectivity index (χ3n) is 2.80. The highest BCUT2D eigenvalue weighted by Crippen LogP contribution is 2.14. The molecule has 0 amide bonds. The lowest BCUT2D eigenvalue weighted by molar-refractivity contribution is 0.0509. The molecule has 0 bridgehead atoms. The number of carbonyl (C=O) groups excluding carboxylic acids is 1. The van der Waals surface area contributed by atoms with Crippen molar-refractivity contribution in [3.05, 3.63) is 28.2 Å². The Morgan fingerprint density at radius 3 is 2.70 bits per heavy atom. The Kier molecular flexibility index (Phi) is 6.63. The normalized spacial score (nSPS) is 10.3. The van der Waals surface area contributed by atoms with Crippen molar-refractivity contribution in [1.82, 2.24) is 4.68 Å². The number of esters is 1. The molecular weight excluding hydrogens is 260 g/mol. The summed E-state index contributed by atoms with van der Waals surface area (Å²) in [5.41, 5.74) is -0.417. The summed E-state index contributed by atoms with van der Waals surface area (Å²) in [5, 5.41) is 0. The van der Waals surface area contributed by atoms with E-state index in [4.69, 9.17) is 15.3 Å². The Labute approximate surface area is 118 Å². The average molecular weight is 282 g/mol. The molecule has 0 saturated heterocycles. The molecule has 2 N–H and O–H groups in total. The van der Waals surface area contributed by atoms with Gasteiger partial charge >= 0.3 is 5.97 Å². The Bertz CT molecular complexity index is 496. The highest BCUT2D eigenvalue weighted by molar-refractivity contribution is 5.90. The summed E-state index contributed by atoms with van der Waals surface area (Å²) in [4.78, 5) is 23.7. The number of nitrogens with zero attached hydrogens (tertiary/aromatic N) is 1. The van der Waals surface area contributed by atoms with E-state index < -0.39 is 5.97 Å². The van der Waals surface area contributed by atoms with Crippen LogP contribution < -0.4 is 16.0 Å². The van der Waals surface area contributed by atoms with Crippen LogP contribution in [0.3, 0.4) is 0 Å². The maximum Gasteiger partial charge on any atom is 0.360 e. The highest BCUT2D eigenvalue weighted by atomic mass is 16.5. The van der Waals surface area contributed by atoms with Gasteiger partial charge in [0.25, 0.3) is 0 Å². The minimum absolute atomic E-state index is 0.0371. The van der Waals surface area contributed by atoms with Crippen molar-refractivity contribution in [2.75, 3.05) is 19.1 Å². The number of nitrogen functional groups attached to an aromatic ring is 1. The Morgan fingerprint density at radius 2 is 2.05 bits per heavy atom. The fourth-order valence-electron chi connectivity index (χ4n) is 1.77. The van der Waals surface area contributed by atoms with Crippen molar-refractivity contribution in [3.8, 4) is 5.75 Å². The molecule has 0 unspecified atom stereocenters. The molecule has 1 rings (SSSR count). The van der Waals surface area contributed by atoms with Crippen LogP contribution in [-0.4, -0.2) is 23.9 Å². The zero-order valence-corrected chi connectivity index (χ0v) is 12.1. The fraction of sp³-hybridized carbons (Fsp3) is 0.571. The van der Waals surface area contributed by atoms with Gasteiger partial charge in [0.05, 0.1) is 13.2 Å². The van der Waals surface area contributed by atoms with E-state index in [0.29, 0.717) is 6.61 Å². The van der Waals surface area contributed by atoms with Crippen molar-refractivity contribution in [2.45, 2.75) is 39.5 Å². The summed E-state index contributed by atoms with van der Waals surface area (Å²) < 4.78 is 11.4. The first kappa shape index (κ1) is 16.1. The first-order valence-electron chi connectivity index (χ1n) is 6.92. The molecule has 20 heavy (non-hydrogen) atoms. The molecule has 0 fully saturated rings. The van der Waals surface area contributed by atoms with Crippen LogP contribution in [-0.2, 0) is 4.74 Å². The van der Waals surface area contributed by atoms with Crippen LogP contribution in [0.5, 0.6) is 5.75 Å². The number of hydrogen-bond acceptors (Lipinski definition) is 5. The van der Waals surface area contributed by atoms with E-state index in [0.717, 1.165) is 30.4 Å². The molecule has 0 spiro atoms. The first-order chi connectivity index (χ1) is 9.61. The predicted octanol–water partition coefficient (Wildman–Crippen LogP) is 1.70. The number of rotatable bonds is 8. The maximum atomic E-state index is 11.8. The van der Waals surface area contributed by atoms with Crippen LogP contribution >= 0.6 is 0 Å². The van der Waals surface area contributed by atoms with Crippen LogP contribution in [0.4, 0.5) is 0 Å². The smallest absolute Gasteiger partial charge is 0.360 e. The van der Waals surface area contributed by atoms with Gasteiger partial charge in [-0.15, -0.1) is 0 Å². The van der Waals surface area contributed by atoms with Gasteiger partial charge in [-0.3, -0.25) is 9.47 Å². The van der Waals surface area contributed by atoms with E-state index in [9.17, 15) is 9.59 Å². The van der Waals surface area contributed by atoms with Gasteiger partial charge in [0.1, 0.15) is 0 Å². The topological polar surface area (TPSA) is 83.6 Å². The minimum atomic E-state index is -0.656. The second-order valence-electron chi connectivity index (χ2n) is 4.39. The third kappa shape index (κ3) is 4.29. The summed E-state index contributed by atoms with van der Waals surface area (Å²) in [5.74, 6) is 4.98. The molecule has 0 aliphatic heterocycles. The number of ether oxygens (including phenoxy) is 2. The van der Waals surface area contributed by atoms with E-state index in [1.165, 1.54) is 12.3 Å². The van der Waals surface area contributed by atoms with E-state index in [1.54, 1.807) is 6.92 Å². The van der Waals surface area contributed by atoms with Crippen molar-refractivity contribution < 1.29 is 14.3 Å². The number of aromatic nitrogens is 1. The minimum Gasteiger partial charge on any atom is -0.487 e. The third-order valence-corrected chi connectivity index (χ3v) is 2.80. The number of pyridine rings is 1. The molecule has 6 heteroatoms. The van der Waals surface area contributed by atoms with Gasteiger partial charge < -0.3 is 15.3 Å². The molecule has 1 aromatic rings. The van der Waals surface area contributed by atoms with Crippen LogP contribution in [0, 0.1) is 0 Å². The molecule has 0 radical (unpaired) electrons. The zero-order valence-electron chi connectivity index (χ0n) is 12.1. The van der Waals surface area contributed by atoms with E-state index in [1.807, 2.05) is 0 Å². The SMILES string of the molecule is CCCCCCOc1c(C(=O)OCC)n(N)ccc1=O. The summed E-state index contributed by atoms with van der Waals surface area (Å²) in [7, 11) is 0. The van der Waals surface area contributed by atoms with Crippen molar-refractivity contribution in [2.24, 2.45) is 0 Å². The van der Waals surface area contributed by atoms with Crippen LogP contribution in [0.25, 0.3) is 0 Å². The molecule has 0 aliphatic rings. The molecule has 0 atom stereocenters. The molecule has 0 aliphatic carbocycles. The van der Waals surface area contributed by atoms with Gasteiger partial charge in [0.2, 0.25) is 5.43 Å². The van der Waals surface area contributed by atoms with Gasteiger partial charge in [0.15, 0.2) is 11.4 Å². The zero-order chi connectivity index (χ0) is 15.0. The lowest BCUT2D eigenvalue weighted by Gasteiger charge is -2.13. The Balaban J connectivity index is 2.85. The summed E-state index contributed by atoms with van der Waals surface area (Å²) >= 11 is 0. The largest absolute Gasteiger partial charge is 0.487 e. The highest BCUT2D eigenvalue weighted by Gasteiger charge is 2.20. The van der Waals surface area contributed by atoms with Crippen LogP contribution in [0.15, 0.2) is 17.1 Å². The number of unbranched alkanes of at least 4 members (excludes halogenated alkanes) is 3. The van der Waals surface area contributed by atoms with E-state index in [2.05, 4.69) is 6.92 Å². The number of carbonyl (C=O) groups is 1. The standard InChI is InChI=1S/C14H22N2O4/c1-3-5-6-7-10-20-13-11(17)8-9-16(15)12(13)14(18)19-4-2/h8-9H,3-7,10,15H2,1-2H3. The van der Waals surface area contributed by atoms with E-state index in [-0.39, 0.29) is 23.5 Å². The van der Waals surface area contributed by atoms with Gasteiger partial charge in [-0.2, -0.15) is 0 Å². The lowest BCUT2D eigenvalue weighted by atomic mass is 10.2. The number of hydrogen-bond donors (Lipinski definition) is 1. The summed E-state index contributed by atoms with van der Waals surface area (Å²) in [6.45, 7) is 4.39. The Morgan fingerprint density at radius 1 is 1.30 bits per heavy atom. The summed E-state index contributed by atoms with van der Waals surface area (Å²) in [6, 6.07) is 1.27. The molecule has 0 saturated carbocycles. The molecule has 6 nitrogen and oxygen atoms in total. The van der Waals surface area contributed by atoms with Gasteiger partial charge in [-0.05, 0) is 13.3 Å². The second-order valence-corrected chi connectivity index (χ2v) is 4.39. The quantitative estimate of drug-likeness (QED) is 0.445. The van der Waals surface area contributed by atoms with Crippen molar-refractivity contribution in [1.29, 1.82) is 0 Å². The molecule has 0 aromatic carbocycles. The Hall–Kier alpha value is -1.98. The second kappa shape index (κ2) is 8.24. The summed E-state index contributed by atoms with van der Waals surface area (Å²) in [6.07, 6.45) is 5.40. The fourth-order valence-corrected chi connectivity index (χ4v) is 1.77. The van der Waals surface area contributed by atoms with Crippen molar-refractivity contribution >= 4 is 5.97 Å². The lowest BCUT2D eigenvalue weighted by Crippen LogP contribution is -2.26. The monoisotopic (exact) mass is 282 g/mol. The van der Waals surface area contributed by atoms with Crippen LogP contribution in [0.1, 0.15) is 50.0 Å². The molecular formula is C14H22N2O4. The first-order valence-corrected chi connectivity index (χ1v) is 6.92. The van der Waals surface area contributed by atoms with Crippen LogP contribution in [0.2, 0.25) is 0 Å². The van der Waals surface area contributed by atoms with E-state index >= 15 is 0 Å². The molecule has 112 valence electrons. The number of nitrogens with two attached hydrogens (primary N) is 1. The van der Waals surface area contributed by atoms with Gasteiger partial charge in [-0.25, -0.2) is 4.79 Å². The maximum absolute atomic E-state index is 11.8. The van der Waals surface area contributed by atoms with Crippen molar-refractivity contribution in [3.63, 3.8) is 0 Å². The van der Waals surface area contributed by atoms with Gasteiger partial charge in [0, 0.05) is 12.3 Å². The molecule has 1 heterocycles. The average Bonchev–Trinajstić information content (AvgIpc) is 2.42. The molecule has 1 aromatic heterocycles. The van der Waals surface area contributed by atoms with Gasteiger partial charge in [-0.1, -0.05) is 26.2 Å². The predicted molar refractivity (Wildman–Crippen MR) is 76.4 cm³/mol.